The van der Waals surface area contributed by atoms with E-state index in [1.165, 1.54) is 0 Å². The lowest BCUT2D eigenvalue weighted by Crippen LogP contribution is -2.24. The van der Waals surface area contributed by atoms with Crippen molar-refractivity contribution in [3.63, 3.8) is 0 Å². The predicted molar refractivity (Wildman–Crippen MR) is 45.2 cm³/mol. The molecule has 60 valence electrons. The normalized spacial score (nSPS) is 11.6. The molecular formula is C6H14ClN3. The third-order valence-electron chi connectivity index (χ3n) is 1.17. The summed E-state index contributed by atoms with van der Waals surface area (Å²) in [5.41, 5.74) is 0. The molecule has 0 aromatic carbocycles. The Morgan fingerprint density at radius 1 is 1.60 bits per heavy atom. The van der Waals surface area contributed by atoms with E-state index < -0.39 is 0 Å². The molecule has 0 bridgehead atoms. The lowest BCUT2D eigenvalue weighted by molar-refractivity contribution is 0.296. The molecule has 1 atom stereocenters. The van der Waals surface area contributed by atoms with Crippen LogP contribution in [0, 0.1) is 5.41 Å². The number of halogens is 1. The molecule has 0 aliphatic heterocycles. The minimum atomic E-state index is 0. The van der Waals surface area contributed by atoms with Crippen LogP contribution in [0.2, 0.25) is 0 Å². The van der Waals surface area contributed by atoms with Crippen molar-refractivity contribution in [2.75, 3.05) is 14.1 Å². The molecule has 0 radical (unpaired) electrons. The highest BCUT2D eigenvalue weighted by molar-refractivity contribution is 5.85. The summed E-state index contributed by atoms with van der Waals surface area (Å²) in [5, 5.41) is 6.59. The standard InChI is InChI=1S/C6H13N3.ClH/c1-4-6(8-5-7)9(2)3;/h6-7H,4H2,1-3H3;1H. The molecule has 0 saturated heterocycles. The first-order valence-corrected chi connectivity index (χ1v) is 3.00. The van der Waals surface area contributed by atoms with Crippen LogP contribution in [0.4, 0.5) is 0 Å². The van der Waals surface area contributed by atoms with E-state index in [9.17, 15) is 0 Å². The van der Waals surface area contributed by atoms with Gasteiger partial charge in [0, 0.05) is 0 Å². The van der Waals surface area contributed by atoms with Gasteiger partial charge < -0.3 is 0 Å². The van der Waals surface area contributed by atoms with E-state index in [0.29, 0.717) is 0 Å². The molecule has 0 fully saturated rings. The van der Waals surface area contributed by atoms with Crippen LogP contribution in [0.25, 0.3) is 0 Å². The highest BCUT2D eigenvalue weighted by Crippen LogP contribution is 1.97. The Bertz CT molecular complexity index is 118. The monoisotopic (exact) mass is 163 g/mol. The molecule has 0 aliphatic rings. The topological polar surface area (TPSA) is 39.5 Å². The second kappa shape index (κ2) is 6.75. The van der Waals surface area contributed by atoms with Crippen LogP contribution in [0.15, 0.2) is 4.99 Å². The van der Waals surface area contributed by atoms with E-state index in [1.54, 1.807) is 0 Å². The quantitative estimate of drug-likeness (QED) is 0.629. The first kappa shape index (κ1) is 12.3. The van der Waals surface area contributed by atoms with Gasteiger partial charge in [-0.1, -0.05) is 6.92 Å². The second-order valence-corrected chi connectivity index (χ2v) is 2.09. The molecular weight excluding hydrogens is 150 g/mol. The maximum atomic E-state index is 6.59. The van der Waals surface area contributed by atoms with E-state index in [0.717, 1.165) is 6.42 Å². The van der Waals surface area contributed by atoms with E-state index in [1.807, 2.05) is 31.9 Å². The minimum absolute atomic E-state index is 0. The molecule has 0 rings (SSSR count). The molecule has 0 amide bonds. The van der Waals surface area contributed by atoms with Crippen molar-refractivity contribution < 1.29 is 0 Å². The highest BCUT2D eigenvalue weighted by Gasteiger charge is 2.03. The first-order chi connectivity index (χ1) is 4.22. The fourth-order valence-electron chi connectivity index (χ4n) is 0.646. The Morgan fingerprint density at radius 3 is 2.20 bits per heavy atom. The number of hydrogen-bond acceptors (Lipinski definition) is 3. The van der Waals surface area contributed by atoms with Gasteiger partial charge in [0.05, 0.1) is 6.01 Å². The summed E-state index contributed by atoms with van der Waals surface area (Å²) in [7, 11) is 3.88. The summed E-state index contributed by atoms with van der Waals surface area (Å²) < 4.78 is 0. The molecule has 4 heteroatoms. The molecule has 0 spiro atoms. The third-order valence-corrected chi connectivity index (χ3v) is 1.17. The van der Waals surface area contributed by atoms with E-state index in [4.69, 9.17) is 5.41 Å². The van der Waals surface area contributed by atoms with Gasteiger partial charge in [-0.25, -0.2) is 10.4 Å². The molecule has 0 saturated carbocycles. The Balaban J connectivity index is 0. The van der Waals surface area contributed by atoms with Crippen molar-refractivity contribution >= 4 is 18.4 Å². The van der Waals surface area contributed by atoms with E-state index in [-0.39, 0.29) is 18.6 Å². The van der Waals surface area contributed by atoms with Gasteiger partial charge in [-0.3, -0.25) is 4.90 Å². The van der Waals surface area contributed by atoms with Gasteiger partial charge in [0.1, 0.15) is 6.17 Å². The number of nitrogens with one attached hydrogen (secondary N) is 1. The lowest BCUT2D eigenvalue weighted by Gasteiger charge is -2.15. The predicted octanol–water partition coefficient (Wildman–Crippen LogP) is 1.46. The lowest BCUT2D eigenvalue weighted by atomic mass is 10.4. The van der Waals surface area contributed by atoms with Gasteiger partial charge in [0.15, 0.2) is 0 Å². The van der Waals surface area contributed by atoms with Gasteiger partial charge in [-0.05, 0) is 20.5 Å². The fraction of sp³-hybridized carbons (Fsp3) is 0.833. The Kier molecular flexibility index (Phi) is 8.31. The zero-order chi connectivity index (χ0) is 7.28. The molecule has 10 heavy (non-hydrogen) atoms. The molecule has 0 aliphatic carbocycles. The zero-order valence-electron chi connectivity index (χ0n) is 6.59. The average molecular weight is 164 g/mol. The summed E-state index contributed by atoms with van der Waals surface area (Å²) in [6, 6.07) is 2.03. The first-order valence-electron chi connectivity index (χ1n) is 3.00. The molecule has 0 aromatic rings. The second-order valence-electron chi connectivity index (χ2n) is 2.09. The van der Waals surface area contributed by atoms with Gasteiger partial charge in [-0.15, -0.1) is 12.4 Å². The molecule has 1 N–H and O–H groups in total. The summed E-state index contributed by atoms with van der Waals surface area (Å²) in [6.45, 7) is 2.03. The van der Waals surface area contributed by atoms with Crippen molar-refractivity contribution in [3.05, 3.63) is 0 Å². The Hall–Kier alpha value is -0.370. The van der Waals surface area contributed by atoms with Crippen LogP contribution in [-0.2, 0) is 0 Å². The molecule has 0 heterocycles. The zero-order valence-corrected chi connectivity index (χ0v) is 7.40. The SMILES string of the molecule is CCC(N=C=N)N(C)C.Cl. The summed E-state index contributed by atoms with van der Waals surface area (Å²) >= 11 is 0. The number of rotatable bonds is 3. The smallest absolute Gasteiger partial charge is 0.112 e. The largest absolute Gasteiger partial charge is 0.287 e. The highest BCUT2D eigenvalue weighted by atomic mass is 35.5. The van der Waals surface area contributed by atoms with Gasteiger partial charge in [0.2, 0.25) is 0 Å². The Morgan fingerprint density at radius 2 is 2.10 bits per heavy atom. The number of aliphatic imine (C=N–C) groups is 1. The van der Waals surface area contributed by atoms with Gasteiger partial charge in [0.25, 0.3) is 0 Å². The van der Waals surface area contributed by atoms with Crippen molar-refractivity contribution in [1.82, 2.24) is 4.90 Å². The van der Waals surface area contributed by atoms with E-state index in [2.05, 4.69) is 4.99 Å². The molecule has 0 aromatic heterocycles. The van der Waals surface area contributed by atoms with Crippen molar-refractivity contribution in [2.24, 2.45) is 4.99 Å². The maximum Gasteiger partial charge on any atom is 0.112 e. The van der Waals surface area contributed by atoms with Crippen molar-refractivity contribution in [2.45, 2.75) is 19.5 Å². The number of nitrogens with zero attached hydrogens (tertiary/aromatic N) is 2. The fourth-order valence-corrected chi connectivity index (χ4v) is 0.646. The summed E-state index contributed by atoms with van der Waals surface area (Å²) in [5.74, 6) is 0. The van der Waals surface area contributed by atoms with Crippen LogP contribution < -0.4 is 0 Å². The third kappa shape index (κ3) is 4.50. The van der Waals surface area contributed by atoms with Crippen LogP contribution in [-0.4, -0.2) is 31.2 Å². The van der Waals surface area contributed by atoms with Crippen LogP contribution in [0.1, 0.15) is 13.3 Å². The number of hydrogen-bond donors (Lipinski definition) is 1. The van der Waals surface area contributed by atoms with Crippen molar-refractivity contribution in [1.29, 1.82) is 5.41 Å². The minimum Gasteiger partial charge on any atom is -0.287 e. The van der Waals surface area contributed by atoms with Gasteiger partial charge in [-0.2, -0.15) is 0 Å². The van der Waals surface area contributed by atoms with Crippen LogP contribution >= 0.6 is 12.4 Å². The Labute approximate surface area is 68.1 Å². The van der Waals surface area contributed by atoms with Gasteiger partial charge >= 0.3 is 0 Å². The maximum absolute atomic E-state index is 6.59. The van der Waals surface area contributed by atoms with Crippen molar-refractivity contribution in [3.8, 4) is 0 Å². The van der Waals surface area contributed by atoms with Crippen LogP contribution in [0.5, 0.6) is 0 Å². The molecule has 1 unspecified atom stereocenters. The average Bonchev–Trinajstić information content (AvgIpc) is 1.82. The summed E-state index contributed by atoms with van der Waals surface area (Å²) in [6.07, 6.45) is 1.06. The van der Waals surface area contributed by atoms with E-state index >= 15 is 0 Å². The van der Waals surface area contributed by atoms with Crippen LogP contribution in [0.3, 0.4) is 0 Å². The molecule has 3 nitrogen and oxygen atoms in total. The summed E-state index contributed by atoms with van der Waals surface area (Å²) in [4.78, 5) is 5.74.